The van der Waals surface area contributed by atoms with Crippen LogP contribution in [0, 0.1) is 0 Å². The minimum atomic E-state index is -4.34. The standard InChI is InChI=1S/C12H12F3N3S/c1-3-7(2)17-18-11-16-9-6-8(12(13,14)15)4-5-10(9)19-11/h4-6H,3H2,1-2H3,(H,16,18)/b17-7+. The lowest BCUT2D eigenvalue weighted by Gasteiger charge is -2.04. The first-order chi connectivity index (χ1) is 8.90. The molecule has 0 saturated carbocycles. The maximum atomic E-state index is 12.6. The summed E-state index contributed by atoms with van der Waals surface area (Å²) in [5, 5.41) is 4.56. The SMILES string of the molecule is CC/C(C)=N/Nc1nc2cc(C(F)(F)F)ccc2s1. The number of alkyl halides is 3. The van der Waals surface area contributed by atoms with Gasteiger partial charge in [0.15, 0.2) is 0 Å². The van der Waals surface area contributed by atoms with Gasteiger partial charge in [-0.3, -0.25) is 5.43 Å². The summed E-state index contributed by atoms with van der Waals surface area (Å²) in [6, 6.07) is 3.54. The smallest absolute Gasteiger partial charge is 0.253 e. The van der Waals surface area contributed by atoms with Crippen molar-refractivity contribution in [2.24, 2.45) is 5.10 Å². The van der Waals surface area contributed by atoms with Crippen molar-refractivity contribution in [2.75, 3.05) is 5.43 Å². The van der Waals surface area contributed by atoms with Crippen LogP contribution in [0.4, 0.5) is 18.3 Å². The molecule has 102 valence electrons. The van der Waals surface area contributed by atoms with Crippen LogP contribution in [0.25, 0.3) is 10.2 Å². The lowest BCUT2D eigenvalue weighted by atomic mass is 10.2. The summed E-state index contributed by atoms with van der Waals surface area (Å²) in [7, 11) is 0. The van der Waals surface area contributed by atoms with Crippen LogP contribution in [0.3, 0.4) is 0 Å². The molecule has 0 aliphatic rings. The van der Waals surface area contributed by atoms with E-state index < -0.39 is 11.7 Å². The summed E-state index contributed by atoms with van der Waals surface area (Å²) in [6.07, 6.45) is -3.54. The van der Waals surface area contributed by atoms with Crippen LogP contribution in [0.5, 0.6) is 0 Å². The quantitative estimate of drug-likeness (QED) is 0.666. The first-order valence-corrected chi connectivity index (χ1v) is 6.48. The van der Waals surface area contributed by atoms with E-state index in [4.69, 9.17) is 0 Å². The van der Waals surface area contributed by atoms with Crippen molar-refractivity contribution in [3.05, 3.63) is 23.8 Å². The fourth-order valence-electron chi connectivity index (χ4n) is 1.37. The van der Waals surface area contributed by atoms with E-state index in [0.29, 0.717) is 15.3 Å². The molecule has 19 heavy (non-hydrogen) atoms. The highest BCUT2D eigenvalue weighted by atomic mass is 32.1. The summed E-state index contributed by atoms with van der Waals surface area (Å²) in [6.45, 7) is 3.83. The van der Waals surface area contributed by atoms with Gasteiger partial charge in [-0.25, -0.2) is 4.98 Å². The first kappa shape index (κ1) is 13.8. The lowest BCUT2D eigenvalue weighted by Crippen LogP contribution is -2.03. The van der Waals surface area contributed by atoms with Crippen molar-refractivity contribution in [3.8, 4) is 0 Å². The molecule has 2 aromatic rings. The molecule has 7 heteroatoms. The molecule has 1 heterocycles. The molecule has 1 aromatic carbocycles. The predicted molar refractivity (Wildman–Crippen MR) is 71.6 cm³/mol. The molecule has 0 fully saturated rings. The van der Waals surface area contributed by atoms with Crippen LogP contribution >= 0.6 is 11.3 Å². The Morgan fingerprint density at radius 3 is 2.79 bits per heavy atom. The Morgan fingerprint density at radius 1 is 1.42 bits per heavy atom. The van der Waals surface area contributed by atoms with Crippen LogP contribution in [0.15, 0.2) is 23.3 Å². The van der Waals surface area contributed by atoms with Crippen LogP contribution in [0.1, 0.15) is 25.8 Å². The second kappa shape index (κ2) is 5.16. The van der Waals surface area contributed by atoms with Crippen molar-refractivity contribution in [3.63, 3.8) is 0 Å². The van der Waals surface area contributed by atoms with Gasteiger partial charge in [-0.1, -0.05) is 18.3 Å². The highest BCUT2D eigenvalue weighted by Crippen LogP contribution is 2.33. The van der Waals surface area contributed by atoms with Crippen molar-refractivity contribution in [1.82, 2.24) is 4.98 Å². The number of thiazole rings is 1. The highest BCUT2D eigenvalue weighted by molar-refractivity contribution is 7.22. The number of aromatic nitrogens is 1. The first-order valence-electron chi connectivity index (χ1n) is 5.67. The van der Waals surface area contributed by atoms with Gasteiger partial charge >= 0.3 is 6.18 Å². The van der Waals surface area contributed by atoms with E-state index in [0.717, 1.165) is 24.3 Å². The maximum Gasteiger partial charge on any atom is 0.416 e. The van der Waals surface area contributed by atoms with Crippen LogP contribution < -0.4 is 5.43 Å². The highest BCUT2D eigenvalue weighted by Gasteiger charge is 2.30. The minimum Gasteiger partial charge on any atom is -0.253 e. The molecule has 1 N–H and O–H groups in total. The second-order valence-electron chi connectivity index (χ2n) is 4.01. The number of fused-ring (bicyclic) bond motifs is 1. The van der Waals surface area contributed by atoms with Crippen molar-refractivity contribution < 1.29 is 13.2 Å². The number of nitrogens with one attached hydrogen (secondary N) is 1. The summed E-state index contributed by atoms with van der Waals surface area (Å²) < 4.78 is 38.4. The van der Waals surface area contributed by atoms with E-state index >= 15 is 0 Å². The summed E-state index contributed by atoms with van der Waals surface area (Å²) in [5.41, 5.74) is 3.29. The lowest BCUT2D eigenvalue weighted by molar-refractivity contribution is -0.137. The van der Waals surface area contributed by atoms with Crippen LogP contribution in [-0.4, -0.2) is 10.7 Å². The molecule has 0 amide bonds. The third-order valence-corrected chi connectivity index (χ3v) is 3.51. The van der Waals surface area contributed by atoms with Crippen molar-refractivity contribution in [2.45, 2.75) is 26.4 Å². The van der Waals surface area contributed by atoms with Gasteiger partial charge in [-0.15, -0.1) is 0 Å². The Kier molecular flexibility index (Phi) is 3.75. The van der Waals surface area contributed by atoms with E-state index in [1.54, 1.807) is 0 Å². The topological polar surface area (TPSA) is 37.3 Å². The Bertz CT molecular complexity index is 616. The Labute approximate surface area is 112 Å². The number of anilines is 1. The molecular formula is C12H12F3N3S. The molecule has 0 atom stereocenters. The normalized spacial score (nSPS) is 13.0. The predicted octanol–water partition coefficient (Wildman–Crippen LogP) is 4.51. The number of hydrogen-bond donors (Lipinski definition) is 1. The van der Waals surface area contributed by atoms with E-state index in [9.17, 15) is 13.2 Å². The average molecular weight is 287 g/mol. The summed E-state index contributed by atoms with van der Waals surface area (Å²) in [4.78, 5) is 4.09. The zero-order valence-electron chi connectivity index (χ0n) is 10.4. The maximum absolute atomic E-state index is 12.6. The molecule has 0 saturated heterocycles. The zero-order valence-corrected chi connectivity index (χ0v) is 11.2. The number of nitrogens with zero attached hydrogens (tertiary/aromatic N) is 2. The fraction of sp³-hybridized carbons (Fsp3) is 0.333. The Balaban J connectivity index is 2.31. The molecule has 0 aliphatic heterocycles. The number of benzene rings is 1. The third kappa shape index (κ3) is 3.23. The third-order valence-electron chi connectivity index (χ3n) is 2.57. The number of hydrogen-bond acceptors (Lipinski definition) is 4. The van der Waals surface area contributed by atoms with Gasteiger partial charge in [0.25, 0.3) is 0 Å². The van der Waals surface area contributed by atoms with Gasteiger partial charge in [0.1, 0.15) is 0 Å². The molecule has 3 nitrogen and oxygen atoms in total. The van der Waals surface area contributed by atoms with Gasteiger partial charge in [0.05, 0.1) is 15.8 Å². The monoisotopic (exact) mass is 287 g/mol. The molecule has 0 unspecified atom stereocenters. The number of hydrazone groups is 1. The molecular weight excluding hydrogens is 275 g/mol. The van der Waals surface area contributed by atoms with E-state index in [-0.39, 0.29) is 0 Å². The summed E-state index contributed by atoms with van der Waals surface area (Å²) in [5.74, 6) is 0. The molecule has 0 spiro atoms. The van der Waals surface area contributed by atoms with E-state index in [1.807, 2.05) is 13.8 Å². The molecule has 0 bridgehead atoms. The second-order valence-corrected chi connectivity index (χ2v) is 5.04. The summed E-state index contributed by atoms with van der Waals surface area (Å²) >= 11 is 1.27. The van der Waals surface area contributed by atoms with Gasteiger partial charge in [-0.2, -0.15) is 18.3 Å². The largest absolute Gasteiger partial charge is 0.416 e. The van der Waals surface area contributed by atoms with Crippen LogP contribution in [0.2, 0.25) is 0 Å². The van der Waals surface area contributed by atoms with Crippen LogP contribution in [-0.2, 0) is 6.18 Å². The van der Waals surface area contributed by atoms with Gasteiger partial charge in [0, 0.05) is 5.71 Å². The minimum absolute atomic E-state index is 0.326. The Morgan fingerprint density at radius 2 is 2.16 bits per heavy atom. The van der Waals surface area contributed by atoms with Crippen molar-refractivity contribution in [1.29, 1.82) is 0 Å². The molecule has 0 aliphatic carbocycles. The molecule has 0 radical (unpaired) electrons. The molecule has 2 rings (SSSR count). The number of halogens is 3. The average Bonchev–Trinajstić information content (AvgIpc) is 2.76. The van der Waals surface area contributed by atoms with Crippen molar-refractivity contribution >= 4 is 32.4 Å². The van der Waals surface area contributed by atoms with Gasteiger partial charge in [-0.05, 0) is 31.5 Å². The van der Waals surface area contributed by atoms with Gasteiger partial charge in [0.2, 0.25) is 5.13 Å². The Hall–Kier alpha value is -1.63. The van der Waals surface area contributed by atoms with E-state index in [1.165, 1.54) is 17.4 Å². The zero-order chi connectivity index (χ0) is 14.0. The fourth-order valence-corrected chi connectivity index (χ4v) is 2.16. The van der Waals surface area contributed by atoms with Gasteiger partial charge < -0.3 is 0 Å². The number of rotatable bonds is 3. The molecule has 1 aromatic heterocycles. The van der Waals surface area contributed by atoms with E-state index in [2.05, 4.69) is 15.5 Å².